The largest absolute Gasteiger partial charge is 0.490 e. The smallest absolute Gasteiger partial charge is 0.337 e. The number of nitrogens with zero attached hydrogens (tertiary/aromatic N) is 2. The first kappa shape index (κ1) is 17.6. The third-order valence-corrected chi connectivity index (χ3v) is 3.64. The maximum Gasteiger partial charge on any atom is 0.337 e. The molecule has 8 heteroatoms. The number of rotatable bonds is 2. The molecule has 1 aliphatic rings. The lowest BCUT2D eigenvalue weighted by Crippen LogP contribution is -2.12. The van der Waals surface area contributed by atoms with Gasteiger partial charge < -0.3 is 16.0 Å². The maximum atomic E-state index is 10.5. The summed E-state index contributed by atoms with van der Waals surface area (Å²) >= 11 is 0. The molecule has 0 fully saturated rings. The Labute approximate surface area is 129 Å². The summed E-state index contributed by atoms with van der Waals surface area (Å²) in [6, 6.07) is 5.99. The van der Waals surface area contributed by atoms with E-state index in [-0.39, 0.29) is 4.90 Å². The topological polar surface area (TPSA) is 126 Å². The van der Waals surface area contributed by atoms with Crippen molar-refractivity contribution in [1.29, 1.82) is 0 Å². The highest BCUT2D eigenvalue weighted by Crippen LogP contribution is 2.10. The highest BCUT2D eigenvalue weighted by Gasteiger charge is 2.18. The SMILES string of the molecule is COC1=CC(N)=CCC1=[N+]=[N-].Cc1ccc(S(=O)(=O)O)cc1. The Hall–Kier alpha value is -2.41. The van der Waals surface area contributed by atoms with Crippen molar-refractivity contribution < 1.29 is 22.5 Å². The van der Waals surface area contributed by atoms with E-state index in [1.165, 1.54) is 19.2 Å². The van der Waals surface area contributed by atoms with Crippen LogP contribution in [-0.4, -0.2) is 30.6 Å². The molecule has 118 valence electrons. The minimum Gasteiger partial charge on any atom is -0.490 e. The summed E-state index contributed by atoms with van der Waals surface area (Å²) in [6.07, 6.45) is 3.90. The molecule has 0 saturated carbocycles. The zero-order valence-electron chi connectivity index (χ0n) is 12.2. The van der Waals surface area contributed by atoms with E-state index in [4.69, 9.17) is 20.6 Å². The van der Waals surface area contributed by atoms with E-state index in [2.05, 4.69) is 4.79 Å². The fourth-order valence-electron chi connectivity index (χ4n) is 1.59. The van der Waals surface area contributed by atoms with Gasteiger partial charge in [0.25, 0.3) is 10.1 Å². The number of aryl methyl sites for hydroxylation is 1. The molecule has 0 aromatic heterocycles. The highest BCUT2D eigenvalue weighted by atomic mass is 32.2. The lowest BCUT2D eigenvalue weighted by Gasteiger charge is -2.04. The van der Waals surface area contributed by atoms with Crippen molar-refractivity contribution >= 4 is 15.8 Å². The Kier molecular flexibility index (Phi) is 6.06. The van der Waals surface area contributed by atoms with Crippen LogP contribution in [0.15, 0.2) is 52.8 Å². The van der Waals surface area contributed by atoms with Crippen LogP contribution < -0.4 is 5.73 Å². The van der Waals surface area contributed by atoms with Gasteiger partial charge in [0.2, 0.25) is 5.76 Å². The van der Waals surface area contributed by atoms with Gasteiger partial charge in [0, 0.05) is 11.8 Å². The zero-order valence-corrected chi connectivity index (χ0v) is 13.0. The number of hydrogen-bond donors (Lipinski definition) is 2. The van der Waals surface area contributed by atoms with Crippen molar-refractivity contribution in [2.24, 2.45) is 5.73 Å². The molecule has 0 spiro atoms. The molecule has 0 saturated heterocycles. The Balaban J connectivity index is 0.000000220. The zero-order chi connectivity index (χ0) is 16.8. The molecule has 1 aliphatic carbocycles. The van der Waals surface area contributed by atoms with Crippen LogP contribution in [0.3, 0.4) is 0 Å². The molecule has 7 nitrogen and oxygen atoms in total. The van der Waals surface area contributed by atoms with Crippen LogP contribution in [0.5, 0.6) is 0 Å². The number of benzene rings is 1. The number of nitrogens with two attached hydrogens (primary N) is 1. The van der Waals surface area contributed by atoms with Gasteiger partial charge in [-0.25, -0.2) is 0 Å². The van der Waals surface area contributed by atoms with E-state index < -0.39 is 10.1 Å². The summed E-state index contributed by atoms with van der Waals surface area (Å²) in [7, 11) is -2.51. The third-order valence-electron chi connectivity index (χ3n) is 2.77. The van der Waals surface area contributed by atoms with E-state index in [9.17, 15) is 8.42 Å². The predicted octanol–water partition coefficient (Wildman–Crippen LogP) is 1.68. The second-order valence-corrected chi connectivity index (χ2v) is 5.88. The summed E-state index contributed by atoms with van der Waals surface area (Å²) in [5, 5.41) is 0. The highest BCUT2D eigenvalue weighted by molar-refractivity contribution is 7.85. The maximum absolute atomic E-state index is 10.5. The van der Waals surface area contributed by atoms with Crippen molar-refractivity contribution in [3.05, 3.63) is 59.0 Å². The van der Waals surface area contributed by atoms with Crippen LogP contribution in [0.1, 0.15) is 12.0 Å². The van der Waals surface area contributed by atoms with Gasteiger partial charge in [-0.15, -0.1) is 0 Å². The first-order chi connectivity index (χ1) is 10.3. The summed E-state index contributed by atoms with van der Waals surface area (Å²) in [4.78, 5) is 2.99. The van der Waals surface area contributed by atoms with Crippen molar-refractivity contribution in [3.63, 3.8) is 0 Å². The molecule has 0 heterocycles. The van der Waals surface area contributed by atoms with E-state index in [1.807, 2.05) is 6.92 Å². The molecule has 3 N–H and O–H groups in total. The molecule has 1 aromatic carbocycles. The van der Waals surface area contributed by atoms with Crippen molar-refractivity contribution in [2.45, 2.75) is 18.2 Å². The second-order valence-electron chi connectivity index (χ2n) is 4.46. The number of allylic oxidation sites excluding steroid dienone is 3. The van der Waals surface area contributed by atoms with Gasteiger partial charge >= 0.3 is 5.71 Å². The molecular weight excluding hydrogens is 306 g/mol. The van der Waals surface area contributed by atoms with Gasteiger partial charge in [-0.3, -0.25) is 4.55 Å². The first-order valence-corrected chi connectivity index (χ1v) is 7.68. The van der Waals surface area contributed by atoms with Crippen LogP contribution in [0.4, 0.5) is 0 Å². The average Bonchev–Trinajstić information content (AvgIpc) is 2.47. The van der Waals surface area contributed by atoms with Crippen molar-refractivity contribution in [2.75, 3.05) is 7.11 Å². The Morgan fingerprint density at radius 1 is 1.32 bits per heavy atom. The molecule has 0 amide bonds. The van der Waals surface area contributed by atoms with Gasteiger partial charge in [0.05, 0.1) is 18.4 Å². The summed E-state index contributed by atoms with van der Waals surface area (Å²) < 4.78 is 34.5. The quantitative estimate of drug-likeness (QED) is 0.486. The van der Waals surface area contributed by atoms with Crippen LogP contribution in [0, 0.1) is 6.92 Å². The van der Waals surface area contributed by atoms with E-state index >= 15 is 0 Å². The summed E-state index contributed by atoms with van der Waals surface area (Å²) in [6.45, 7) is 1.84. The lowest BCUT2D eigenvalue weighted by atomic mass is 10.1. The van der Waals surface area contributed by atoms with Crippen molar-refractivity contribution in [1.82, 2.24) is 0 Å². The van der Waals surface area contributed by atoms with Gasteiger partial charge in [0.1, 0.15) is 0 Å². The number of methoxy groups -OCH3 is 1. The monoisotopic (exact) mass is 323 g/mol. The lowest BCUT2D eigenvalue weighted by molar-refractivity contribution is -0.0109. The van der Waals surface area contributed by atoms with Crippen LogP contribution in [0.2, 0.25) is 0 Å². The Morgan fingerprint density at radius 3 is 2.36 bits per heavy atom. The van der Waals surface area contributed by atoms with Crippen LogP contribution in [-0.2, 0) is 14.9 Å². The van der Waals surface area contributed by atoms with E-state index in [0.717, 1.165) is 5.56 Å². The number of ether oxygens (including phenoxy) is 1. The van der Waals surface area contributed by atoms with E-state index in [0.29, 0.717) is 23.6 Å². The van der Waals surface area contributed by atoms with Crippen LogP contribution in [0.25, 0.3) is 5.53 Å². The Morgan fingerprint density at radius 2 is 1.91 bits per heavy atom. The molecule has 0 atom stereocenters. The van der Waals surface area contributed by atoms with Gasteiger partial charge in [-0.2, -0.15) is 13.2 Å². The van der Waals surface area contributed by atoms with Gasteiger partial charge in [-0.05, 0) is 25.1 Å². The molecular formula is C14H17N3O4S. The predicted molar refractivity (Wildman–Crippen MR) is 81.6 cm³/mol. The summed E-state index contributed by atoms with van der Waals surface area (Å²) in [5.41, 5.74) is 16.1. The molecule has 22 heavy (non-hydrogen) atoms. The second kappa shape index (κ2) is 7.56. The number of hydrogen-bond acceptors (Lipinski definition) is 4. The molecule has 0 radical (unpaired) electrons. The molecule has 0 bridgehead atoms. The molecule has 0 aliphatic heterocycles. The third kappa shape index (κ3) is 5.17. The van der Waals surface area contributed by atoms with Gasteiger partial charge in [-0.1, -0.05) is 17.7 Å². The molecule has 2 rings (SSSR count). The minimum atomic E-state index is -4.02. The minimum absolute atomic E-state index is 0.0666. The molecule has 1 aromatic rings. The fraction of sp³-hybridized carbons (Fsp3) is 0.214. The Bertz CT molecular complexity index is 743. The first-order valence-electron chi connectivity index (χ1n) is 6.24. The summed E-state index contributed by atoms with van der Waals surface area (Å²) in [5.74, 6) is 0.521. The van der Waals surface area contributed by atoms with Crippen molar-refractivity contribution in [3.8, 4) is 0 Å². The fourth-order valence-corrected chi connectivity index (χ4v) is 2.07. The molecule has 0 unspecified atom stereocenters. The standard InChI is InChI=1S/C7H9N3O.C7H8O3S/c1-11-7-4-5(8)2-3-6(7)10-9;1-6-2-4-7(5-3-6)11(8,9)10/h2,4H,3,8H2,1H3;2-5H,1H3,(H,8,9,10). The van der Waals surface area contributed by atoms with Crippen LogP contribution >= 0.6 is 0 Å². The van der Waals surface area contributed by atoms with Gasteiger partial charge in [0.15, 0.2) is 0 Å². The average molecular weight is 323 g/mol. The van der Waals surface area contributed by atoms with E-state index in [1.54, 1.807) is 24.3 Å². The normalized spacial score (nSPS) is 14.0.